The lowest BCUT2D eigenvalue weighted by Crippen LogP contribution is -2.32. The summed E-state index contributed by atoms with van der Waals surface area (Å²) in [5.41, 5.74) is 2.00. The molecule has 0 saturated heterocycles. The number of aryl methyl sites for hydroxylation is 1. The zero-order valence-electron chi connectivity index (χ0n) is 15.8. The van der Waals surface area contributed by atoms with Gasteiger partial charge in [0, 0.05) is 28.0 Å². The molecule has 1 aliphatic rings. The van der Waals surface area contributed by atoms with Crippen LogP contribution in [-0.4, -0.2) is 29.1 Å². The topological polar surface area (TPSA) is 99.9 Å². The van der Waals surface area contributed by atoms with Gasteiger partial charge >= 0.3 is 5.97 Å². The van der Waals surface area contributed by atoms with Gasteiger partial charge in [-0.1, -0.05) is 12.8 Å². The van der Waals surface area contributed by atoms with Crippen molar-refractivity contribution in [1.82, 2.24) is 9.97 Å². The zero-order valence-corrected chi connectivity index (χ0v) is 17.4. The van der Waals surface area contributed by atoms with Crippen LogP contribution in [0.5, 0.6) is 0 Å². The van der Waals surface area contributed by atoms with Crippen molar-refractivity contribution in [2.45, 2.75) is 38.6 Å². The van der Waals surface area contributed by atoms with E-state index in [0.717, 1.165) is 37.1 Å². The summed E-state index contributed by atoms with van der Waals surface area (Å²) >= 11 is 3.35. The van der Waals surface area contributed by atoms with E-state index in [0.29, 0.717) is 21.7 Å². The quantitative estimate of drug-likeness (QED) is 0.652. The Labute approximate surface area is 172 Å². The van der Waals surface area contributed by atoms with Gasteiger partial charge in [0.15, 0.2) is 0 Å². The van der Waals surface area contributed by atoms with Gasteiger partial charge in [0.2, 0.25) is 5.95 Å². The minimum absolute atomic E-state index is 0.00591. The van der Waals surface area contributed by atoms with Crippen molar-refractivity contribution in [3.05, 3.63) is 40.0 Å². The third-order valence-corrected chi connectivity index (χ3v) is 5.54. The number of halogens is 1. The number of methoxy groups -OCH3 is 1. The Bertz CT molecular complexity index is 912. The molecule has 1 aromatic heterocycles. The lowest BCUT2D eigenvalue weighted by atomic mass is 9.85. The molecule has 2 atom stereocenters. The van der Waals surface area contributed by atoms with E-state index in [9.17, 15) is 10.1 Å². The molecular weight excluding hydrogens is 422 g/mol. The summed E-state index contributed by atoms with van der Waals surface area (Å²) in [6, 6.07) is 7.77. The number of aromatic nitrogens is 2. The Morgan fingerprint density at radius 3 is 2.89 bits per heavy atom. The molecule has 0 bridgehead atoms. The molecular formula is C20H22BrN5O2. The number of nitrogens with one attached hydrogen (secondary N) is 2. The van der Waals surface area contributed by atoms with Crippen LogP contribution in [-0.2, 0) is 4.74 Å². The van der Waals surface area contributed by atoms with Gasteiger partial charge < -0.3 is 15.4 Å². The number of rotatable bonds is 5. The molecule has 1 saturated carbocycles. The van der Waals surface area contributed by atoms with Crippen LogP contribution in [0.1, 0.15) is 41.6 Å². The molecule has 2 N–H and O–H groups in total. The summed E-state index contributed by atoms with van der Waals surface area (Å²) in [5.74, 6) is 0.696. The van der Waals surface area contributed by atoms with Crippen LogP contribution in [0.3, 0.4) is 0 Å². The summed E-state index contributed by atoms with van der Waals surface area (Å²) in [6.45, 7) is 1.94. The molecule has 1 aromatic carbocycles. The Morgan fingerprint density at radius 2 is 2.14 bits per heavy atom. The first kappa shape index (κ1) is 20.1. The standard InChI is InChI=1S/C20H22BrN5O2/c1-12-11-23-20(24-14-7-8-16(21)15(9-14)19(27)28-2)26-18(12)25-17-6-4-3-5-13(17)10-22/h7-9,11,13,17H,3-6H2,1-2H3,(H2,23,24,25,26)/t13?,17-/m0/s1. The largest absolute Gasteiger partial charge is 0.465 e. The van der Waals surface area contributed by atoms with E-state index < -0.39 is 5.97 Å². The van der Waals surface area contributed by atoms with Crippen molar-refractivity contribution in [3.63, 3.8) is 0 Å². The Balaban J connectivity index is 1.80. The van der Waals surface area contributed by atoms with Crippen LogP contribution in [0.4, 0.5) is 17.5 Å². The third kappa shape index (κ3) is 4.60. The maximum Gasteiger partial charge on any atom is 0.339 e. The van der Waals surface area contributed by atoms with E-state index in [1.807, 2.05) is 13.0 Å². The zero-order chi connectivity index (χ0) is 20.1. The van der Waals surface area contributed by atoms with Gasteiger partial charge in [-0.2, -0.15) is 10.2 Å². The number of carbonyl (C=O) groups is 1. The normalized spacial score (nSPS) is 18.8. The first-order chi connectivity index (χ1) is 13.5. The predicted molar refractivity (Wildman–Crippen MR) is 111 cm³/mol. The lowest BCUT2D eigenvalue weighted by Gasteiger charge is -2.28. The fourth-order valence-electron chi connectivity index (χ4n) is 3.28. The number of ether oxygens (including phenoxy) is 1. The van der Waals surface area contributed by atoms with Gasteiger partial charge in [-0.15, -0.1) is 0 Å². The number of hydrogen-bond acceptors (Lipinski definition) is 7. The van der Waals surface area contributed by atoms with Gasteiger partial charge in [-0.3, -0.25) is 0 Å². The number of nitrogens with zero attached hydrogens (tertiary/aromatic N) is 3. The average Bonchev–Trinajstić information content (AvgIpc) is 2.71. The summed E-state index contributed by atoms with van der Waals surface area (Å²) in [4.78, 5) is 20.8. The number of hydrogen-bond donors (Lipinski definition) is 2. The second-order valence-electron chi connectivity index (χ2n) is 6.81. The van der Waals surface area contributed by atoms with Crippen molar-refractivity contribution >= 4 is 39.4 Å². The van der Waals surface area contributed by atoms with E-state index in [4.69, 9.17) is 4.74 Å². The highest BCUT2D eigenvalue weighted by Crippen LogP contribution is 2.28. The fraction of sp³-hybridized carbons (Fsp3) is 0.400. The number of nitriles is 1. The molecule has 1 fully saturated rings. The van der Waals surface area contributed by atoms with Crippen molar-refractivity contribution in [1.29, 1.82) is 5.26 Å². The first-order valence-corrected chi connectivity index (χ1v) is 9.95. The molecule has 7 nitrogen and oxygen atoms in total. The Hall–Kier alpha value is -2.66. The second-order valence-corrected chi connectivity index (χ2v) is 7.66. The van der Waals surface area contributed by atoms with Gasteiger partial charge in [0.1, 0.15) is 5.82 Å². The van der Waals surface area contributed by atoms with Gasteiger partial charge in [-0.05, 0) is 53.9 Å². The molecule has 0 aliphatic heterocycles. The number of anilines is 3. The summed E-state index contributed by atoms with van der Waals surface area (Å²) in [6.07, 6.45) is 5.82. The van der Waals surface area contributed by atoms with Crippen molar-refractivity contribution in [2.75, 3.05) is 17.7 Å². The lowest BCUT2D eigenvalue weighted by molar-refractivity contribution is 0.0599. The number of esters is 1. The van der Waals surface area contributed by atoms with E-state index in [-0.39, 0.29) is 12.0 Å². The molecule has 0 radical (unpaired) electrons. The highest BCUT2D eigenvalue weighted by Gasteiger charge is 2.25. The molecule has 8 heteroatoms. The highest BCUT2D eigenvalue weighted by molar-refractivity contribution is 9.10. The maximum atomic E-state index is 11.9. The van der Waals surface area contributed by atoms with E-state index in [1.54, 1.807) is 18.3 Å². The third-order valence-electron chi connectivity index (χ3n) is 4.85. The first-order valence-electron chi connectivity index (χ1n) is 9.16. The SMILES string of the molecule is COC(=O)c1cc(Nc2ncc(C)c(N[C@H]3CCCCC3C#N)n2)ccc1Br. The highest BCUT2D eigenvalue weighted by atomic mass is 79.9. The minimum atomic E-state index is -0.428. The molecule has 0 amide bonds. The van der Waals surface area contributed by atoms with Gasteiger partial charge in [0.05, 0.1) is 24.7 Å². The number of benzene rings is 1. The molecule has 1 aliphatic carbocycles. The smallest absolute Gasteiger partial charge is 0.339 e. The van der Waals surface area contributed by atoms with Crippen molar-refractivity contribution in [2.24, 2.45) is 5.92 Å². The van der Waals surface area contributed by atoms with E-state index in [1.165, 1.54) is 7.11 Å². The van der Waals surface area contributed by atoms with E-state index in [2.05, 4.69) is 42.6 Å². The van der Waals surface area contributed by atoms with Gasteiger partial charge in [-0.25, -0.2) is 9.78 Å². The molecule has 146 valence electrons. The molecule has 1 heterocycles. The predicted octanol–water partition coefficient (Wildman–Crippen LogP) is 4.57. The van der Waals surface area contributed by atoms with E-state index >= 15 is 0 Å². The Kier molecular flexibility index (Phi) is 6.47. The van der Waals surface area contributed by atoms with Crippen molar-refractivity contribution in [3.8, 4) is 6.07 Å². The molecule has 0 spiro atoms. The van der Waals surface area contributed by atoms with Crippen LogP contribution in [0.2, 0.25) is 0 Å². The second kappa shape index (κ2) is 9.02. The van der Waals surface area contributed by atoms with Crippen LogP contribution in [0, 0.1) is 24.2 Å². The van der Waals surface area contributed by atoms with Crippen LogP contribution >= 0.6 is 15.9 Å². The average molecular weight is 444 g/mol. The Morgan fingerprint density at radius 1 is 1.36 bits per heavy atom. The number of carbonyl (C=O) groups excluding carboxylic acids is 1. The molecule has 28 heavy (non-hydrogen) atoms. The maximum absolute atomic E-state index is 11.9. The summed E-state index contributed by atoms with van der Waals surface area (Å²) in [5, 5.41) is 15.9. The minimum Gasteiger partial charge on any atom is -0.465 e. The summed E-state index contributed by atoms with van der Waals surface area (Å²) < 4.78 is 5.45. The fourth-order valence-corrected chi connectivity index (χ4v) is 3.69. The molecule has 3 rings (SSSR count). The monoisotopic (exact) mass is 443 g/mol. The molecule has 2 aromatic rings. The van der Waals surface area contributed by atoms with Crippen LogP contribution < -0.4 is 10.6 Å². The van der Waals surface area contributed by atoms with Crippen molar-refractivity contribution < 1.29 is 9.53 Å². The van der Waals surface area contributed by atoms with Crippen LogP contribution in [0.15, 0.2) is 28.9 Å². The summed E-state index contributed by atoms with van der Waals surface area (Å²) in [7, 11) is 1.34. The van der Waals surface area contributed by atoms with Crippen LogP contribution in [0.25, 0.3) is 0 Å². The molecule has 1 unspecified atom stereocenters. The van der Waals surface area contributed by atoms with Gasteiger partial charge in [0.25, 0.3) is 0 Å².